The van der Waals surface area contributed by atoms with Crippen LogP contribution < -0.4 is 10.1 Å². The molecule has 24 heavy (non-hydrogen) atoms. The second-order valence-electron chi connectivity index (χ2n) is 6.53. The largest absolute Gasteiger partial charge is 0.489 e. The number of carbonyl (C=O) groups is 1. The van der Waals surface area contributed by atoms with Gasteiger partial charge in [0.25, 0.3) is 5.91 Å². The summed E-state index contributed by atoms with van der Waals surface area (Å²) < 4.78 is 5.82. The van der Waals surface area contributed by atoms with Crippen LogP contribution in [0.25, 0.3) is 0 Å². The minimum absolute atomic E-state index is 0.0890. The molecule has 1 fully saturated rings. The van der Waals surface area contributed by atoms with E-state index >= 15 is 0 Å². The third kappa shape index (κ3) is 3.78. The fourth-order valence-corrected chi connectivity index (χ4v) is 2.82. The Morgan fingerprint density at radius 2 is 2.00 bits per heavy atom. The van der Waals surface area contributed by atoms with E-state index in [-0.39, 0.29) is 11.4 Å². The van der Waals surface area contributed by atoms with E-state index in [9.17, 15) is 4.79 Å². The fraction of sp³-hybridized carbons (Fsp3) is 0.286. The highest BCUT2D eigenvalue weighted by Crippen LogP contribution is 2.31. The van der Waals surface area contributed by atoms with Crippen LogP contribution in [0.2, 0.25) is 0 Å². The number of ether oxygens (including phenoxy) is 1. The van der Waals surface area contributed by atoms with E-state index in [2.05, 4.69) is 18.2 Å². The van der Waals surface area contributed by atoms with Crippen molar-refractivity contribution in [1.29, 1.82) is 0 Å². The Bertz CT molecular complexity index is 770. The van der Waals surface area contributed by atoms with Crippen molar-refractivity contribution in [1.82, 2.24) is 5.32 Å². The standard InChI is InChI=1S/C21H21NO2/c1-3-16-12-18(20(23)22-21(2)10-7-11-21)14-19(13-16)24-15-17-8-5-4-6-9-17/h1,4-6,8-9,12-14H,7,10-11,15H2,2H3,(H,22,23). The maximum absolute atomic E-state index is 12.5. The molecule has 1 N–H and O–H groups in total. The van der Waals surface area contributed by atoms with Crippen molar-refractivity contribution in [3.8, 4) is 18.1 Å². The highest BCUT2D eigenvalue weighted by atomic mass is 16.5. The highest BCUT2D eigenvalue weighted by molar-refractivity contribution is 5.95. The summed E-state index contributed by atoms with van der Waals surface area (Å²) in [5.41, 5.74) is 2.16. The lowest BCUT2D eigenvalue weighted by Gasteiger charge is -2.39. The van der Waals surface area contributed by atoms with E-state index in [1.54, 1.807) is 18.2 Å². The Hall–Kier alpha value is -2.73. The lowest BCUT2D eigenvalue weighted by atomic mass is 9.78. The van der Waals surface area contributed by atoms with Gasteiger partial charge in [-0.15, -0.1) is 6.42 Å². The zero-order valence-corrected chi connectivity index (χ0v) is 13.8. The van der Waals surface area contributed by atoms with E-state index in [0.29, 0.717) is 23.5 Å². The topological polar surface area (TPSA) is 38.3 Å². The number of carbonyl (C=O) groups excluding carboxylic acids is 1. The van der Waals surface area contributed by atoms with Crippen LogP contribution in [0.3, 0.4) is 0 Å². The van der Waals surface area contributed by atoms with Crippen LogP contribution in [0.1, 0.15) is 47.7 Å². The molecule has 0 saturated heterocycles. The molecule has 3 heteroatoms. The summed E-state index contributed by atoms with van der Waals surface area (Å²) in [5, 5.41) is 3.10. The van der Waals surface area contributed by atoms with E-state index in [1.807, 2.05) is 30.3 Å². The second kappa shape index (κ2) is 6.80. The highest BCUT2D eigenvalue weighted by Gasteiger charge is 2.33. The molecule has 1 saturated carbocycles. The van der Waals surface area contributed by atoms with Gasteiger partial charge in [0.05, 0.1) is 0 Å². The van der Waals surface area contributed by atoms with Gasteiger partial charge in [-0.3, -0.25) is 4.79 Å². The van der Waals surface area contributed by atoms with E-state index in [4.69, 9.17) is 11.2 Å². The average Bonchev–Trinajstić information content (AvgIpc) is 2.59. The van der Waals surface area contributed by atoms with Crippen molar-refractivity contribution in [2.45, 2.75) is 38.3 Å². The number of benzene rings is 2. The number of hydrogen-bond donors (Lipinski definition) is 1. The first-order chi connectivity index (χ1) is 11.6. The van der Waals surface area contributed by atoms with Crippen LogP contribution in [0, 0.1) is 12.3 Å². The predicted molar refractivity (Wildman–Crippen MR) is 94.9 cm³/mol. The van der Waals surface area contributed by atoms with Crippen molar-refractivity contribution in [3.63, 3.8) is 0 Å². The number of rotatable bonds is 5. The molecule has 2 aromatic rings. The summed E-state index contributed by atoms with van der Waals surface area (Å²) >= 11 is 0. The van der Waals surface area contributed by atoms with Crippen LogP contribution in [0.15, 0.2) is 48.5 Å². The zero-order chi connectivity index (χ0) is 17.0. The van der Waals surface area contributed by atoms with Gasteiger partial charge in [0.1, 0.15) is 12.4 Å². The molecule has 122 valence electrons. The van der Waals surface area contributed by atoms with E-state index in [0.717, 1.165) is 24.8 Å². The first kappa shape index (κ1) is 16.1. The van der Waals surface area contributed by atoms with Crippen LogP contribution in [-0.4, -0.2) is 11.4 Å². The molecule has 0 aliphatic heterocycles. The smallest absolute Gasteiger partial charge is 0.251 e. The Kier molecular flexibility index (Phi) is 4.57. The Morgan fingerprint density at radius 3 is 2.62 bits per heavy atom. The van der Waals surface area contributed by atoms with Crippen LogP contribution in [0.4, 0.5) is 0 Å². The SMILES string of the molecule is C#Cc1cc(OCc2ccccc2)cc(C(=O)NC2(C)CCC2)c1. The Labute approximate surface area is 143 Å². The van der Waals surface area contributed by atoms with Gasteiger partial charge >= 0.3 is 0 Å². The third-order valence-electron chi connectivity index (χ3n) is 4.46. The third-order valence-corrected chi connectivity index (χ3v) is 4.46. The molecule has 0 spiro atoms. The van der Waals surface area contributed by atoms with Crippen molar-refractivity contribution in [2.75, 3.05) is 0 Å². The van der Waals surface area contributed by atoms with Gasteiger partial charge in [0.15, 0.2) is 0 Å². The molecule has 3 nitrogen and oxygen atoms in total. The molecule has 0 unspecified atom stereocenters. The van der Waals surface area contributed by atoms with Crippen molar-refractivity contribution in [3.05, 3.63) is 65.2 Å². The molecule has 0 aromatic heterocycles. The average molecular weight is 319 g/mol. The van der Waals surface area contributed by atoms with Crippen molar-refractivity contribution in [2.24, 2.45) is 0 Å². The van der Waals surface area contributed by atoms with Gasteiger partial charge in [0.2, 0.25) is 0 Å². The lowest BCUT2D eigenvalue weighted by Crippen LogP contribution is -2.50. The van der Waals surface area contributed by atoms with Gasteiger partial charge in [-0.25, -0.2) is 0 Å². The fourth-order valence-electron chi connectivity index (χ4n) is 2.82. The molecule has 1 aliphatic carbocycles. The Balaban J connectivity index is 1.75. The molecule has 3 rings (SSSR count). The molecule has 2 aromatic carbocycles. The van der Waals surface area contributed by atoms with Gasteiger partial charge in [-0.1, -0.05) is 36.3 Å². The van der Waals surface area contributed by atoms with E-state index in [1.165, 1.54) is 0 Å². The molecule has 0 heterocycles. The van der Waals surface area contributed by atoms with Crippen molar-refractivity contribution < 1.29 is 9.53 Å². The summed E-state index contributed by atoms with van der Waals surface area (Å²) in [7, 11) is 0. The summed E-state index contributed by atoms with van der Waals surface area (Å²) in [4.78, 5) is 12.5. The van der Waals surface area contributed by atoms with Crippen LogP contribution >= 0.6 is 0 Å². The quantitative estimate of drug-likeness (QED) is 0.848. The first-order valence-electron chi connectivity index (χ1n) is 8.19. The molecular formula is C21H21NO2. The summed E-state index contributed by atoms with van der Waals surface area (Å²) in [6.07, 6.45) is 8.72. The normalized spacial score (nSPS) is 15.0. The minimum atomic E-state index is -0.0983. The maximum Gasteiger partial charge on any atom is 0.251 e. The molecular weight excluding hydrogens is 298 g/mol. The van der Waals surface area contributed by atoms with E-state index < -0.39 is 0 Å². The minimum Gasteiger partial charge on any atom is -0.489 e. The molecule has 1 aliphatic rings. The van der Waals surface area contributed by atoms with Gasteiger partial charge in [0, 0.05) is 16.7 Å². The molecule has 0 radical (unpaired) electrons. The maximum atomic E-state index is 12.5. The molecule has 0 bridgehead atoms. The number of hydrogen-bond acceptors (Lipinski definition) is 2. The van der Waals surface area contributed by atoms with Gasteiger partial charge in [-0.2, -0.15) is 0 Å². The summed E-state index contributed by atoms with van der Waals surface area (Å²) in [6, 6.07) is 15.2. The van der Waals surface area contributed by atoms with Gasteiger partial charge in [-0.05, 0) is 49.9 Å². The number of nitrogens with one attached hydrogen (secondary N) is 1. The number of amides is 1. The van der Waals surface area contributed by atoms with Crippen LogP contribution in [0.5, 0.6) is 5.75 Å². The lowest BCUT2D eigenvalue weighted by molar-refractivity contribution is 0.0850. The zero-order valence-electron chi connectivity index (χ0n) is 13.8. The predicted octanol–water partition coefficient (Wildman–Crippen LogP) is 3.92. The summed E-state index contributed by atoms with van der Waals surface area (Å²) in [5.74, 6) is 3.10. The van der Waals surface area contributed by atoms with Crippen LogP contribution in [-0.2, 0) is 6.61 Å². The Morgan fingerprint density at radius 1 is 1.25 bits per heavy atom. The van der Waals surface area contributed by atoms with Gasteiger partial charge < -0.3 is 10.1 Å². The monoisotopic (exact) mass is 319 g/mol. The molecule has 1 amide bonds. The second-order valence-corrected chi connectivity index (χ2v) is 6.53. The number of terminal acetylenes is 1. The first-order valence-corrected chi connectivity index (χ1v) is 8.19. The van der Waals surface area contributed by atoms with Crippen molar-refractivity contribution >= 4 is 5.91 Å². The molecule has 0 atom stereocenters. The summed E-state index contributed by atoms with van der Waals surface area (Å²) in [6.45, 7) is 2.51.